The molecule has 0 aliphatic rings. The topological polar surface area (TPSA) is 55.4 Å². The van der Waals surface area contributed by atoms with E-state index in [1.165, 1.54) is 6.92 Å². The second kappa shape index (κ2) is 9.02. The minimum Gasteiger partial charge on any atom is -0.464 e. The van der Waals surface area contributed by atoms with Crippen molar-refractivity contribution in [2.24, 2.45) is 0 Å². The molecule has 0 aliphatic carbocycles. The van der Waals surface area contributed by atoms with Crippen molar-refractivity contribution in [3.8, 4) is 0 Å². The van der Waals surface area contributed by atoms with Crippen LogP contribution in [0.15, 0.2) is 60.7 Å². The smallest absolute Gasteiger partial charge is 0.332 e. The lowest BCUT2D eigenvalue weighted by molar-refractivity contribution is -0.153. The zero-order valence-corrected chi connectivity index (χ0v) is 14.8. The van der Waals surface area contributed by atoms with Crippen LogP contribution in [0.3, 0.4) is 0 Å². The maximum Gasteiger partial charge on any atom is 0.332 e. The van der Waals surface area contributed by atoms with Gasteiger partial charge in [0.2, 0.25) is 5.91 Å². The Bertz CT molecular complexity index is 685. The van der Waals surface area contributed by atoms with E-state index >= 15 is 0 Å². The van der Waals surface area contributed by atoms with E-state index in [1.54, 1.807) is 6.92 Å². The Morgan fingerprint density at radius 1 is 0.960 bits per heavy atom. The summed E-state index contributed by atoms with van der Waals surface area (Å²) in [5, 5.41) is 2.88. The van der Waals surface area contributed by atoms with Crippen molar-refractivity contribution in [1.29, 1.82) is 0 Å². The monoisotopic (exact) mass is 339 g/mol. The first-order chi connectivity index (χ1) is 12.1. The molecule has 0 aliphatic heterocycles. The molecule has 0 saturated carbocycles. The van der Waals surface area contributed by atoms with Crippen LogP contribution in [0.4, 0.5) is 0 Å². The van der Waals surface area contributed by atoms with Crippen molar-refractivity contribution in [1.82, 2.24) is 5.32 Å². The van der Waals surface area contributed by atoms with Crippen molar-refractivity contribution in [2.75, 3.05) is 6.61 Å². The lowest BCUT2D eigenvalue weighted by Crippen LogP contribution is -2.56. The Kier molecular flexibility index (Phi) is 6.75. The van der Waals surface area contributed by atoms with Crippen LogP contribution in [0.2, 0.25) is 0 Å². The number of nitrogens with one attached hydrogen (secondary N) is 1. The van der Waals surface area contributed by atoms with Gasteiger partial charge in [-0.1, -0.05) is 60.7 Å². The number of rotatable bonds is 8. The highest BCUT2D eigenvalue weighted by atomic mass is 16.5. The molecule has 2 aromatic rings. The highest BCUT2D eigenvalue weighted by Gasteiger charge is 2.40. The lowest BCUT2D eigenvalue weighted by Gasteiger charge is -2.32. The van der Waals surface area contributed by atoms with E-state index in [4.69, 9.17) is 4.74 Å². The summed E-state index contributed by atoms with van der Waals surface area (Å²) >= 11 is 0. The molecule has 0 saturated heterocycles. The van der Waals surface area contributed by atoms with Gasteiger partial charge in [0.25, 0.3) is 0 Å². The molecule has 0 radical (unpaired) electrons. The van der Waals surface area contributed by atoms with Gasteiger partial charge in [0.05, 0.1) is 6.61 Å². The third-order valence-corrected chi connectivity index (χ3v) is 4.11. The molecule has 1 amide bonds. The molecule has 25 heavy (non-hydrogen) atoms. The van der Waals surface area contributed by atoms with Gasteiger partial charge in [0, 0.05) is 13.3 Å². The first kappa shape index (κ1) is 18.7. The number of benzene rings is 2. The average Bonchev–Trinajstić information content (AvgIpc) is 2.61. The van der Waals surface area contributed by atoms with Crippen molar-refractivity contribution >= 4 is 11.9 Å². The highest BCUT2D eigenvalue weighted by molar-refractivity contribution is 5.87. The largest absolute Gasteiger partial charge is 0.464 e. The number of amides is 1. The Hall–Kier alpha value is -2.62. The Morgan fingerprint density at radius 3 is 2.04 bits per heavy atom. The Labute approximate surface area is 149 Å². The standard InChI is InChI=1S/C21H25NO3/c1-3-25-20(24)21(22-17(2)23,16-19-12-8-5-9-13-19)15-14-18-10-6-4-7-11-18/h4-13H,3,14-16H2,1-2H3,(H,22,23). The average molecular weight is 339 g/mol. The molecular weight excluding hydrogens is 314 g/mol. The normalized spacial score (nSPS) is 12.9. The zero-order valence-electron chi connectivity index (χ0n) is 14.8. The third kappa shape index (κ3) is 5.45. The quantitative estimate of drug-likeness (QED) is 0.751. The summed E-state index contributed by atoms with van der Waals surface area (Å²) in [4.78, 5) is 24.6. The first-order valence-corrected chi connectivity index (χ1v) is 8.59. The van der Waals surface area contributed by atoms with E-state index in [0.29, 0.717) is 19.3 Å². The van der Waals surface area contributed by atoms with Crippen molar-refractivity contribution in [3.05, 3.63) is 71.8 Å². The molecule has 4 heteroatoms. The fourth-order valence-corrected chi connectivity index (χ4v) is 2.97. The highest BCUT2D eigenvalue weighted by Crippen LogP contribution is 2.23. The van der Waals surface area contributed by atoms with Crippen LogP contribution < -0.4 is 5.32 Å². The fraction of sp³-hybridized carbons (Fsp3) is 0.333. The maximum absolute atomic E-state index is 12.8. The van der Waals surface area contributed by atoms with E-state index in [1.807, 2.05) is 60.7 Å². The Morgan fingerprint density at radius 2 is 1.52 bits per heavy atom. The number of hydrogen-bond donors (Lipinski definition) is 1. The number of ether oxygens (including phenoxy) is 1. The fourth-order valence-electron chi connectivity index (χ4n) is 2.97. The van der Waals surface area contributed by atoms with Crippen molar-refractivity contribution in [2.45, 2.75) is 38.6 Å². The third-order valence-electron chi connectivity index (χ3n) is 4.11. The molecule has 4 nitrogen and oxygen atoms in total. The summed E-state index contributed by atoms with van der Waals surface area (Å²) in [5.74, 6) is -0.623. The molecule has 0 fully saturated rings. The summed E-state index contributed by atoms with van der Waals surface area (Å²) in [5.41, 5.74) is 1.03. The molecule has 2 rings (SSSR count). The number of aryl methyl sites for hydroxylation is 1. The van der Waals surface area contributed by atoms with E-state index in [9.17, 15) is 9.59 Å². The van der Waals surface area contributed by atoms with Crippen LogP contribution in [0, 0.1) is 0 Å². The lowest BCUT2D eigenvalue weighted by atomic mass is 9.84. The minimum absolute atomic E-state index is 0.239. The second-order valence-electron chi connectivity index (χ2n) is 6.13. The second-order valence-corrected chi connectivity index (χ2v) is 6.13. The van der Waals surface area contributed by atoms with Gasteiger partial charge in [-0.25, -0.2) is 4.79 Å². The maximum atomic E-state index is 12.8. The number of carbonyl (C=O) groups is 2. The van der Waals surface area contributed by atoms with Gasteiger partial charge < -0.3 is 10.1 Å². The summed E-state index contributed by atoms with van der Waals surface area (Å²) < 4.78 is 5.32. The van der Waals surface area contributed by atoms with Gasteiger partial charge in [-0.15, -0.1) is 0 Å². The molecule has 0 spiro atoms. The molecule has 132 valence electrons. The predicted octanol–water partition coefficient (Wildman–Crippen LogP) is 3.30. The predicted molar refractivity (Wildman–Crippen MR) is 98.1 cm³/mol. The van der Waals surface area contributed by atoms with Crippen LogP contribution in [0.25, 0.3) is 0 Å². The zero-order chi connectivity index (χ0) is 18.1. The SMILES string of the molecule is CCOC(=O)C(CCc1ccccc1)(Cc1ccccc1)NC(C)=O. The van der Waals surface area contributed by atoms with Crippen molar-refractivity contribution < 1.29 is 14.3 Å². The molecular formula is C21H25NO3. The van der Waals surface area contributed by atoms with Gasteiger partial charge >= 0.3 is 5.97 Å². The van der Waals surface area contributed by atoms with E-state index < -0.39 is 5.54 Å². The summed E-state index contributed by atoms with van der Waals surface area (Å²) in [6, 6.07) is 19.6. The molecule has 1 atom stereocenters. The van der Waals surface area contributed by atoms with Gasteiger partial charge in [-0.05, 0) is 30.9 Å². The minimum atomic E-state index is -1.07. The molecule has 1 N–H and O–H groups in total. The van der Waals surface area contributed by atoms with Crippen LogP contribution in [0.5, 0.6) is 0 Å². The molecule has 0 heterocycles. The molecule has 1 unspecified atom stereocenters. The number of esters is 1. The van der Waals surface area contributed by atoms with Gasteiger partial charge in [-0.2, -0.15) is 0 Å². The number of carbonyl (C=O) groups excluding carboxylic acids is 2. The van der Waals surface area contributed by atoms with Crippen LogP contribution in [0.1, 0.15) is 31.4 Å². The summed E-state index contributed by atoms with van der Waals surface area (Å²) in [6.45, 7) is 3.48. The van der Waals surface area contributed by atoms with E-state index in [-0.39, 0.29) is 18.5 Å². The number of hydrogen-bond acceptors (Lipinski definition) is 3. The molecule has 0 aromatic heterocycles. The van der Waals surface area contributed by atoms with Gasteiger partial charge in [0.1, 0.15) is 5.54 Å². The van der Waals surface area contributed by atoms with Crippen LogP contribution in [-0.2, 0) is 27.2 Å². The van der Waals surface area contributed by atoms with Crippen molar-refractivity contribution in [3.63, 3.8) is 0 Å². The summed E-state index contributed by atoms with van der Waals surface area (Å²) in [7, 11) is 0. The summed E-state index contributed by atoms with van der Waals surface area (Å²) in [6.07, 6.45) is 1.55. The van der Waals surface area contributed by atoms with E-state index in [2.05, 4.69) is 5.32 Å². The van der Waals surface area contributed by atoms with Crippen LogP contribution >= 0.6 is 0 Å². The molecule has 2 aromatic carbocycles. The van der Waals surface area contributed by atoms with E-state index in [0.717, 1.165) is 11.1 Å². The first-order valence-electron chi connectivity index (χ1n) is 8.59. The Balaban J connectivity index is 2.31. The van der Waals surface area contributed by atoms with Gasteiger partial charge in [0.15, 0.2) is 0 Å². The van der Waals surface area contributed by atoms with Gasteiger partial charge in [-0.3, -0.25) is 4.79 Å². The molecule has 0 bridgehead atoms. The van der Waals surface area contributed by atoms with Crippen LogP contribution in [-0.4, -0.2) is 24.0 Å².